The third-order valence-corrected chi connectivity index (χ3v) is 3.25. The number of hydrogen-bond donors (Lipinski definition) is 0. The van der Waals surface area contributed by atoms with E-state index in [-0.39, 0.29) is 5.41 Å². The zero-order valence-corrected chi connectivity index (χ0v) is 6.81. The van der Waals surface area contributed by atoms with E-state index < -0.39 is 0 Å². The Morgan fingerprint density at radius 1 is 1.55 bits per heavy atom. The summed E-state index contributed by atoms with van der Waals surface area (Å²) in [5.41, 5.74) is 0.0972. The normalized spacial score (nSPS) is 42.5. The van der Waals surface area contributed by atoms with Crippen LogP contribution in [-0.2, 0) is 4.79 Å². The number of rotatable bonds is 1. The van der Waals surface area contributed by atoms with Crippen LogP contribution in [0.25, 0.3) is 0 Å². The fraction of sp³-hybridized carbons (Fsp3) is 0.700. The lowest BCUT2D eigenvalue weighted by Gasteiger charge is -2.20. The second-order valence-electron chi connectivity index (χ2n) is 3.83. The quantitative estimate of drug-likeness (QED) is 0.524. The highest BCUT2D eigenvalue weighted by atomic mass is 16.1. The van der Waals surface area contributed by atoms with Crippen LogP contribution in [0.3, 0.4) is 0 Å². The Morgan fingerprint density at radius 2 is 2.36 bits per heavy atom. The van der Waals surface area contributed by atoms with Crippen molar-refractivity contribution >= 4 is 5.78 Å². The van der Waals surface area contributed by atoms with Gasteiger partial charge in [0.1, 0.15) is 5.78 Å². The van der Waals surface area contributed by atoms with Gasteiger partial charge in [-0.25, -0.2) is 0 Å². The smallest absolute Gasteiger partial charge is 0.139 e. The molecule has 2 atom stereocenters. The van der Waals surface area contributed by atoms with Gasteiger partial charge >= 0.3 is 0 Å². The molecule has 0 bridgehead atoms. The first-order valence-corrected chi connectivity index (χ1v) is 4.45. The van der Waals surface area contributed by atoms with Gasteiger partial charge in [-0.3, -0.25) is 4.79 Å². The first-order valence-electron chi connectivity index (χ1n) is 4.45. The predicted molar refractivity (Wildman–Crippen MR) is 44.2 cm³/mol. The Morgan fingerprint density at radius 3 is 2.91 bits per heavy atom. The van der Waals surface area contributed by atoms with Crippen molar-refractivity contribution in [3.05, 3.63) is 12.7 Å². The number of carbonyl (C=O) groups excluding carboxylic acids is 1. The number of Topliss-reactive ketones (excluding diaryl/α,β-unsaturated/α-hetero) is 1. The second-order valence-corrected chi connectivity index (χ2v) is 3.83. The molecule has 0 radical (unpaired) electrons. The van der Waals surface area contributed by atoms with Crippen LogP contribution in [0.2, 0.25) is 0 Å². The van der Waals surface area contributed by atoms with Gasteiger partial charge in [0.05, 0.1) is 0 Å². The van der Waals surface area contributed by atoms with E-state index in [9.17, 15) is 4.79 Å². The molecule has 2 aliphatic rings. The number of carbonyl (C=O) groups is 1. The SMILES string of the molecule is C=CC1CC12CCCCC2=O. The van der Waals surface area contributed by atoms with E-state index >= 15 is 0 Å². The summed E-state index contributed by atoms with van der Waals surface area (Å²) in [6.07, 6.45) is 7.37. The van der Waals surface area contributed by atoms with E-state index in [1.54, 1.807) is 0 Å². The minimum absolute atomic E-state index is 0.0972. The molecule has 0 aliphatic heterocycles. The summed E-state index contributed by atoms with van der Waals surface area (Å²) in [6.45, 7) is 3.75. The molecule has 2 fully saturated rings. The van der Waals surface area contributed by atoms with Gasteiger partial charge < -0.3 is 0 Å². The van der Waals surface area contributed by atoms with E-state index in [4.69, 9.17) is 0 Å². The van der Waals surface area contributed by atoms with E-state index in [1.807, 2.05) is 6.08 Å². The molecular formula is C10H14O. The Hall–Kier alpha value is -0.590. The fourth-order valence-corrected chi connectivity index (χ4v) is 2.36. The van der Waals surface area contributed by atoms with Crippen molar-refractivity contribution in [2.75, 3.05) is 0 Å². The molecule has 11 heavy (non-hydrogen) atoms. The van der Waals surface area contributed by atoms with Gasteiger partial charge in [0.15, 0.2) is 0 Å². The third kappa shape index (κ3) is 0.867. The highest BCUT2D eigenvalue weighted by Crippen LogP contribution is 2.59. The predicted octanol–water partition coefficient (Wildman–Crippen LogP) is 2.32. The number of ketones is 1. The largest absolute Gasteiger partial charge is 0.299 e. The molecule has 1 heteroatoms. The zero-order valence-electron chi connectivity index (χ0n) is 6.81. The number of allylic oxidation sites excluding steroid dienone is 1. The summed E-state index contributed by atoms with van der Waals surface area (Å²) in [5.74, 6) is 1.03. The van der Waals surface area contributed by atoms with Gasteiger partial charge in [0, 0.05) is 11.8 Å². The van der Waals surface area contributed by atoms with Crippen molar-refractivity contribution in [2.24, 2.45) is 11.3 Å². The molecule has 0 aromatic carbocycles. The standard InChI is InChI=1S/C10H14O/c1-2-8-7-10(8)6-4-3-5-9(10)11/h2,8H,1,3-7H2. The molecule has 2 aliphatic carbocycles. The molecule has 60 valence electrons. The lowest BCUT2D eigenvalue weighted by atomic mass is 9.83. The molecule has 0 saturated heterocycles. The molecule has 0 N–H and O–H groups in total. The average molecular weight is 150 g/mol. The van der Waals surface area contributed by atoms with Crippen LogP contribution in [0.5, 0.6) is 0 Å². The van der Waals surface area contributed by atoms with Crippen LogP contribution >= 0.6 is 0 Å². The van der Waals surface area contributed by atoms with Crippen LogP contribution in [-0.4, -0.2) is 5.78 Å². The van der Waals surface area contributed by atoms with Crippen molar-refractivity contribution in [1.82, 2.24) is 0 Å². The maximum Gasteiger partial charge on any atom is 0.139 e. The van der Waals surface area contributed by atoms with Crippen molar-refractivity contribution in [2.45, 2.75) is 32.1 Å². The third-order valence-electron chi connectivity index (χ3n) is 3.25. The summed E-state index contributed by atoms with van der Waals surface area (Å²) in [6, 6.07) is 0. The fourth-order valence-electron chi connectivity index (χ4n) is 2.36. The molecule has 0 heterocycles. The molecule has 2 unspecified atom stereocenters. The lowest BCUT2D eigenvalue weighted by Crippen LogP contribution is -2.21. The topological polar surface area (TPSA) is 17.1 Å². The molecule has 0 aromatic rings. The molecule has 1 nitrogen and oxygen atoms in total. The Labute approximate surface area is 67.5 Å². The van der Waals surface area contributed by atoms with E-state index in [0.29, 0.717) is 11.7 Å². The van der Waals surface area contributed by atoms with E-state index in [0.717, 1.165) is 25.7 Å². The van der Waals surface area contributed by atoms with Gasteiger partial charge in [-0.15, -0.1) is 6.58 Å². The zero-order chi connectivity index (χ0) is 7.90. The highest BCUT2D eigenvalue weighted by Gasteiger charge is 2.57. The van der Waals surface area contributed by atoms with Crippen LogP contribution < -0.4 is 0 Å². The second kappa shape index (κ2) is 2.20. The summed E-state index contributed by atoms with van der Waals surface area (Å²) in [4.78, 5) is 11.5. The molecule has 0 aromatic heterocycles. The monoisotopic (exact) mass is 150 g/mol. The minimum atomic E-state index is 0.0972. The van der Waals surface area contributed by atoms with Gasteiger partial charge in [-0.2, -0.15) is 0 Å². The van der Waals surface area contributed by atoms with Gasteiger partial charge in [-0.1, -0.05) is 12.5 Å². The summed E-state index contributed by atoms with van der Waals surface area (Å²) < 4.78 is 0. The molecule has 1 spiro atoms. The van der Waals surface area contributed by atoms with E-state index in [1.165, 1.54) is 6.42 Å². The lowest BCUT2D eigenvalue weighted by molar-refractivity contribution is -0.126. The summed E-state index contributed by atoms with van der Waals surface area (Å²) in [7, 11) is 0. The minimum Gasteiger partial charge on any atom is -0.299 e. The highest BCUT2D eigenvalue weighted by molar-refractivity contribution is 5.89. The Kier molecular flexibility index (Phi) is 1.41. The van der Waals surface area contributed by atoms with Gasteiger partial charge in [-0.05, 0) is 25.2 Å². The molecule has 2 rings (SSSR count). The van der Waals surface area contributed by atoms with Crippen LogP contribution in [0.4, 0.5) is 0 Å². The van der Waals surface area contributed by atoms with Crippen molar-refractivity contribution < 1.29 is 4.79 Å². The Balaban J connectivity index is 2.13. The van der Waals surface area contributed by atoms with Gasteiger partial charge in [0.2, 0.25) is 0 Å². The number of hydrogen-bond acceptors (Lipinski definition) is 1. The Bertz CT molecular complexity index is 207. The molecule has 0 amide bonds. The summed E-state index contributed by atoms with van der Waals surface area (Å²) in [5, 5.41) is 0. The van der Waals surface area contributed by atoms with Crippen LogP contribution in [0.1, 0.15) is 32.1 Å². The molecular weight excluding hydrogens is 136 g/mol. The van der Waals surface area contributed by atoms with E-state index in [2.05, 4.69) is 6.58 Å². The maximum atomic E-state index is 11.5. The van der Waals surface area contributed by atoms with Crippen LogP contribution in [0.15, 0.2) is 12.7 Å². The summed E-state index contributed by atoms with van der Waals surface area (Å²) >= 11 is 0. The van der Waals surface area contributed by atoms with Crippen molar-refractivity contribution in [3.8, 4) is 0 Å². The van der Waals surface area contributed by atoms with Crippen molar-refractivity contribution in [3.63, 3.8) is 0 Å². The average Bonchev–Trinajstić information content (AvgIpc) is 2.72. The molecule has 2 saturated carbocycles. The van der Waals surface area contributed by atoms with Crippen molar-refractivity contribution in [1.29, 1.82) is 0 Å². The first-order chi connectivity index (χ1) is 5.29. The first kappa shape index (κ1) is 7.08. The van der Waals surface area contributed by atoms with Gasteiger partial charge in [0.25, 0.3) is 0 Å². The van der Waals surface area contributed by atoms with Crippen LogP contribution in [0, 0.1) is 11.3 Å². The maximum absolute atomic E-state index is 11.5.